The Kier molecular flexibility index (Phi) is 3.93. The summed E-state index contributed by atoms with van der Waals surface area (Å²) in [7, 11) is 0. The Balaban J connectivity index is 1.80. The summed E-state index contributed by atoms with van der Waals surface area (Å²) in [6.07, 6.45) is 3.24. The van der Waals surface area contributed by atoms with Gasteiger partial charge in [-0.25, -0.2) is 0 Å². The third-order valence-electron chi connectivity index (χ3n) is 3.05. The lowest BCUT2D eigenvalue weighted by Crippen LogP contribution is -2.49. The molecule has 7 heteroatoms. The van der Waals surface area contributed by atoms with E-state index >= 15 is 0 Å². The molecule has 0 spiro atoms. The zero-order valence-electron chi connectivity index (χ0n) is 10.0. The maximum absolute atomic E-state index is 12.0. The first kappa shape index (κ1) is 12.6. The topological polar surface area (TPSA) is 89.5 Å². The van der Waals surface area contributed by atoms with Crippen molar-refractivity contribution in [3.63, 3.8) is 0 Å². The molecule has 2 N–H and O–H groups in total. The molecular weight excluding hydrogens is 236 g/mol. The fourth-order valence-corrected chi connectivity index (χ4v) is 1.98. The molecule has 0 unspecified atom stereocenters. The molecule has 98 valence electrons. The summed E-state index contributed by atoms with van der Waals surface area (Å²) in [5.41, 5.74) is 0.564. The maximum atomic E-state index is 12.0. The molecule has 2 rings (SSSR count). The van der Waals surface area contributed by atoms with Gasteiger partial charge in [0, 0.05) is 38.9 Å². The highest BCUT2D eigenvalue weighted by Crippen LogP contribution is 2.07. The third kappa shape index (κ3) is 3.07. The Morgan fingerprint density at radius 1 is 1.33 bits per heavy atom. The highest BCUT2D eigenvalue weighted by Gasteiger charge is 2.22. The predicted octanol–water partition coefficient (Wildman–Crippen LogP) is -0.358. The number of carbonyl (C=O) groups excluding carboxylic acids is 1. The number of nitrogens with zero attached hydrogens (tertiary/aromatic N) is 3. The van der Waals surface area contributed by atoms with Crippen LogP contribution in [0.1, 0.15) is 16.8 Å². The molecule has 0 aliphatic carbocycles. The van der Waals surface area contributed by atoms with E-state index in [4.69, 9.17) is 5.11 Å². The third-order valence-corrected chi connectivity index (χ3v) is 3.05. The summed E-state index contributed by atoms with van der Waals surface area (Å²) in [6.45, 7) is 3.24. The number of H-pyrrole nitrogens is 1. The van der Waals surface area contributed by atoms with Gasteiger partial charge < -0.3 is 10.0 Å². The van der Waals surface area contributed by atoms with Crippen molar-refractivity contribution >= 4 is 11.9 Å². The molecule has 2 heterocycles. The highest BCUT2D eigenvalue weighted by atomic mass is 16.4. The Morgan fingerprint density at radius 3 is 2.61 bits per heavy atom. The first-order valence-corrected chi connectivity index (χ1v) is 5.89. The molecule has 0 radical (unpaired) electrons. The average Bonchev–Trinajstić information content (AvgIpc) is 2.90. The van der Waals surface area contributed by atoms with E-state index < -0.39 is 5.97 Å². The number of nitrogens with one attached hydrogen (secondary N) is 1. The van der Waals surface area contributed by atoms with Crippen LogP contribution in [-0.2, 0) is 4.79 Å². The number of carbonyl (C=O) groups is 2. The Bertz CT molecular complexity index is 410. The Labute approximate surface area is 104 Å². The van der Waals surface area contributed by atoms with Crippen LogP contribution in [0.3, 0.4) is 0 Å². The van der Waals surface area contributed by atoms with E-state index in [-0.39, 0.29) is 12.3 Å². The molecule has 1 aromatic rings. The largest absolute Gasteiger partial charge is 0.481 e. The molecule has 1 amide bonds. The fraction of sp³-hybridized carbons (Fsp3) is 0.545. The number of carboxylic acid groups (broad SMARTS) is 1. The fourth-order valence-electron chi connectivity index (χ4n) is 1.98. The maximum Gasteiger partial charge on any atom is 0.304 e. The molecule has 1 fully saturated rings. The van der Waals surface area contributed by atoms with Gasteiger partial charge in [-0.1, -0.05) is 0 Å². The van der Waals surface area contributed by atoms with Crippen molar-refractivity contribution in [1.82, 2.24) is 20.0 Å². The molecule has 1 aliphatic heterocycles. The Morgan fingerprint density at radius 2 is 2.06 bits per heavy atom. The number of rotatable bonds is 4. The Hall–Kier alpha value is -1.89. The predicted molar refractivity (Wildman–Crippen MR) is 63.2 cm³/mol. The summed E-state index contributed by atoms with van der Waals surface area (Å²) in [5.74, 6) is -0.812. The van der Waals surface area contributed by atoms with Crippen LogP contribution in [0.25, 0.3) is 0 Å². The first-order valence-electron chi connectivity index (χ1n) is 5.89. The van der Waals surface area contributed by atoms with Gasteiger partial charge >= 0.3 is 5.97 Å². The van der Waals surface area contributed by atoms with E-state index in [1.54, 1.807) is 11.1 Å². The second kappa shape index (κ2) is 5.63. The number of piperazine rings is 1. The van der Waals surface area contributed by atoms with Crippen LogP contribution in [0.5, 0.6) is 0 Å². The molecule has 1 aromatic heterocycles. The number of aliphatic carboxylic acids is 1. The summed E-state index contributed by atoms with van der Waals surface area (Å²) < 4.78 is 0. The monoisotopic (exact) mass is 252 g/mol. The van der Waals surface area contributed by atoms with Crippen LogP contribution >= 0.6 is 0 Å². The van der Waals surface area contributed by atoms with Crippen molar-refractivity contribution in [2.24, 2.45) is 0 Å². The number of aromatic nitrogens is 2. The van der Waals surface area contributed by atoms with Crippen molar-refractivity contribution < 1.29 is 14.7 Å². The van der Waals surface area contributed by atoms with Crippen LogP contribution in [0.2, 0.25) is 0 Å². The van der Waals surface area contributed by atoms with E-state index in [2.05, 4.69) is 15.1 Å². The minimum Gasteiger partial charge on any atom is -0.481 e. The zero-order chi connectivity index (χ0) is 13.0. The van der Waals surface area contributed by atoms with Gasteiger partial charge in [0.25, 0.3) is 5.91 Å². The molecular formula is C11H16N4O3. The van der Waals surface area contributed by atoms with Gasteiger partial charge in [0.15, 0.2) is 0 Å². The van der Waals surface area contributed by atoms with Gasteiger partial charge in [-0.05, 0) is 0 Å². The highest BCUT2D eigenvalue weighted by molar-refractivity contribution is 5.93. The van der Waals surface area contributed by atoms with Crippen LogP contribution < -0.4 is 0 Å². The standard InChI is InChI=1S/C11H16N4O3/c16-10(17)1-2-14-3-5-15(6-4-14)11(18)9-7-12-13-8-9/h7-8H,1-6H2,(H,12,13)(H,16,17). The van der Waals surface area contributed by atoms with Gasteiger partial charge in [-0.2, -0.15) is 5.10 Å². The second-order valence-corrected chi connectivity index (χ2v) is 4.26. The van der Waals surface area contributed by atoms with Crippen molar-refractivity contribution in [2.45, 2.75) is 6.42 Å². The number of carboxylic acids is 1. The quantitative estimate of drug-likeness (QED) is 0.764. The van der Waals surface area contributed by atoms with Gasteiger partial charge in [0.05, 0.1) is 18.2 Å². The van der Waals surface area contributed by atoms with Crippen molar-refractivity contribution in [3.8, 4) is 0 Å². The molecule has 1 saturated heterocycles. The van der Waals surface area contributed by atoms with Crippen LogP contribution in [0.4, 0.5) is 0 Å². The van der Waals surface area contributed by atoms with Crippen LogP contribution in [0.15, 0.2) is 12.4 Å². The minimum absolute atomic E-state index is 0.0263. The summed E-state index contributed by atoms with van der Waals surface area (Å²) in [5, 5.41) is 15.0. The summed E-state index contributed by atoms with van der Waals surface area (Å²) in [6, 6.07) is 0. The molecule has 0 bridgehead atoms. The molecule has 18 heavy (non-hydrogen) atoms. The normalized spacial score (nSPS) is 16.8. The van der Waals surface area contributed by atoms with Gasteiger partial charge in [-0.3, -0.25) is 19.6 Å². The van der Waals surface area contributed by atoms with Crippen molar-refractivity contribution in [3.05, 3.63) is 18.0 Å². The number of amides is 1. The average molecular weight is 252 g/mol. The van der Waals surface area contributed by atoms with Gasteiger partial charge in [0.2, 0.25) is 0 Å². The molecule has 0 aromatic carbocycles. The molecule has 7 nitrogen and oxygen atoms in total. The lowest BCUT2D eigenvalue weighted by atomic mass is 10.2. The lowest BCUT2D eigenvalue weighted by Gasteiger charge is -2.34. The van der Waals surface area contributed by atoms with Gasteiger partial charge in [-0.15, -0.1) is 0 Å². The van der Waals surface area contributed by atoms with Crippen molar-refractivity contribution in [2.75, 3.05) is 32.7 Å². The molecule has 0 saturated carbocycles. The van der Waals surface area contributed by atoms with E-state index in [0.29, 0.717) is 25.2 Å². The summed E-state index contributed by atoms with van der Waals surface area (Å²) >= 11 is 0. The first-order chi connectivity index (χ1) is 8.66. The lowest BCUT2D eigenvalue weighted by molar-refractivity contribution is -0.137. The van der Waals surface area contributed by atoms with Crippen LogP contribution in [-0.4, -0.2) is 69.7 Å². The second-order valence-electron chi connectivity index (χ2n) is 4.26. The number of hydrogen-bond donors (Lipinski definition) is 2. The number of aromatic amines is 1. The zero-order valence-corrected chi connectivity index (χ0v) is 10.0. The van der Waals surface area contributed by atoms with E-state index in [9.17, 15) is 9.59 Å². The molecule has 0 atom stereocenters. The SMILES string of the molecule is O=C(O)CCN1CCN(C(=O)c2cn[nH]c2)CC1. The van der Waals surface area contributed by atoms with Gasteiger partial charge in [0.1, 0.15) is 0 Å². The molecule has 1 aliphatic rings. The minimum atomic E-state index is -0.785. The van der Waals surface area contributed by atoms with E-state index in [0.717, 1.165) is 13.1 Å². The number of hydrogen-bond acceptors (Lipinski definition) is 4. The van der Waals surface area contributed by atoms with E-state index in [1.165, 1.54) is 6.20 Å². The van der Waals surface area contributed by atoms with Crippen molar-refractivity contribution in [1.29, 1.82) is 0 Å². The van der Waals surface area contributed by atoms with Crippen LogP contribution in [0, 0.1) is 0 Å². The van der Waals surface area contributed by atoms with E-state index in [1.807, 2.05) is 0 Å². The summed E-state index contributed by atoms with van der Waals surface area (Å²) in [4.78, 5) is 26.3. The smallest absolute Gasteiger partial charge is 0.304 e.